The molecule has 4 aromatic rings. The summed E-state index contributed by atoms with van der Waals surface area (Å²) in [4.78, 5) is 17.3. The number of pyridine rings is 1. The van der Waals surface area contributed by atoms with E-state index in [1.807, 2.05) is 6.07 Å². The normalized spacial score (nSPS) is 11.6. The van der Waals surface area contributed by atoms with Gasteiger partial charge in [0.25, 0.3) is 0 Å². The minimum Gasteiger partial charge on any atom is -0.305 e. The molecule has 148 valence electrons. The van der Waals surface area contributed by atoms with E-state index in [2.05, 4.69) is 25.8 Å². The first kappa shape index (κ1) is 18.9. The van der Waals surface area contributed by atoms with E-state index < -0.39 is 29.3 Å². The molecular formula is C18H11F4N5OS. The lowest BCUT2D eigenvalue weighted by Gasteiger charge is -2.11. The van der Waals surface area contributed by atoms with Gasteiger partial charge in [0.1, 0.15) is 5.82 Å². The number of rotatable bonds is 3. The van der Waals surface area contributed by atoms with Gasteiger partial charge in [-0.25, -0.2) is 14.2 Å². The first-order valence-corrected chi connectivity index (χ1v) is 8.96. The second kappa shape index (κ2) is 7.17. The molecule has 0 unspecified atom stereocenters. The van der Waals surface area contributed by atoms with Crippen molar-refractivity contribution in [1.82, 2.24) is 15.2 Å². The quantitative estimate of drug-likeness (QED) is 0.383. The molecule has 11 heteroatoms. The van der Waals surface area contributed by atoms with Gasteiger partial charge in [0.2, 0.25) is 0 Å². The number of carbonyl (C=O) groups is 1. The van der Waals surface area contributed by atoms with Crippen LogP contribution in [0.2, 0.25) is 0 Å². The van der Waals surface area contributed by atoms with Crippen LogP contribution < -0.4 is 10.6 Å². The maximum atomic E-state index is 13.8. The van der Waals surface area contributed by atoms with Crippen LogP contribution in [0.4, 0.5) is 33.0 Å². The van der Waals surface area contributed by atoms with Crippen molar-refractivity contribution in [2.45, 2.75) is 6.18 Å². The molecule has 4 rings (SSSR count). The Kier molecular flexibility index (Phi) is 4.66. The third-order valence-electron chi connectivity index (χ3n) is 3.94. The predicted molar refractivity (Wildman–Crippen MR) is 101 cm³/mol. The number of thiophene rings is 1. The molecule has 0 spiro atoms. The van der Waals surface area contributed by atoms with E-state index in [1.54, 1.807) is 24.4 Å². The van der Waals surface area contributed by atoms with Crippen molar-refractivity contribution in [3.8, 4) is 10.6 Å². The second-order valence-electron chi connectivity index (χ2n) is 5.94. The number of aromatic amines is 1. The van der Waals surface area contributed by atoms with Crippen LogP contribution >= 0.6 is 11.3 Å². The topological polar surface area (TPSA) is 82.7 Å². The standard InChI is InChI=1S/C18H11F4N5OS/c19-11-3-2-10(18(20,21)22)7-13(11)25-17(28)26-15-6-5-14(29-15)12-4-1-9-8-23-27-16(9)24-12/h1-8H,(H,23,24,27)(H2,25,26,28). The number of hydrogen-bond acceptors (Lipinski definition) is 4. The zero-order valence-electron chi connectivity index (χ0n) is 14.3. The first-order valence-electron chi connectivity index (χ1n) is 8.15. The molecule has 0 fully saturated rings. The van der Waals surface area contributed by atoms with Crippen molar-refractivity contribution >= 4 is 39.1 Å². The van der Waals surface area contributed by atoms with Gasteiger partial charge in [-0.15, -0.1) is 11.3 Å². The van der Waals surface area contributed by atoms with Crippen LogP contribution in [-0.4, -0.2) is 21.2 Å². The van der Waals surface area contributed by atoms with Gasteiger partial charge in [0.05, 0.1) is 33.0 Å². The summed E-state index contributed by atoms with van der Waals surface area (Å²) in [6, 6.07) is 7.91. The fourth-order valence-electron chi connectivity index (χ4n) is 2.57. The summed E-state index contributed by atoms with van der Waals surface area (Å²) in [5.74, 6) is -0.975. The average Bonchev–Trinajstić information content (AvgIpc) is 3.31. The van der Waals surface area contributed by atoms with Gasteiger partial charge in [0.15, 0.2) is 5.65 Å². The van der Waals surface area contributed by atoms with Gasteiger partial charge in [0, 0.05) is 5.39 Å². The van der Waals surface area contributed by atoms with Crippen molar-refractivity contribution in [3.63, 3.8) is 0 Å². The molecule has 2 amide bonds. The Morgan fingerprint density at radius 3 is 2.69 bits per heavy atom. The molecule has 0 saturated carbocycles. The summed E-state index contributed by atoms with van der Waals surface area (Å²) in [6.45, 7) is 0. The lowest BCUT2D eigenvalue weighted by molar-refractivity contribution is -0.137. The van der Waals surface area contributed by atoms with Gasteiger partial charge in [-0.05, 0) is 42.5 Å². The molecule has 0 atom stereocenters. The molecule has 0 radical (unpaired) electrons. The largest absolute Gasteiger partial charge is 0.416 e. The van der Waals surface area contributed by atoms with E-state index in [1.165, 1.54) is 11.3 Å². The SMILES string of the molecule is O=C(Nc1ccc(-c2ccc3cn[nH]c3n2)s1)Nc1cc(C(F)(F)F)ccc1F. The molecule has 0 aliphatic heterocycles. The summed E-state index contributed by atoms with van der Waals surface area (Å²) in [6.07, 6.45) is -3.00. The van der Waals surface area contributed by atoms with E-state index in [0.717, 1.165) is 10.3 Å². The van der Waals surface area contributed by atoms with Gasteiger partial charge in [-0.2, -0.15) is 18.3 Å². The highest BCUT2D eigenvalue weighted by atomic mass is 32.1. The number of amides is 2. The number of nitrogens with one attached hydrogen (secondary N) is 3. The molecule has 0 aliphatic carbocycles. The minimum atomic E-state index is -4.65. The van der Waals surface area contributed by atoms with Crippen LogP contribution in [0.5, 0.6) is 0 Å². The van der Waals surface area contributed by atoms with E-state index in [9.17, 15) is 22.4 Å². The van der Waals surface area contributed by atoms with Crippen LogP contribution in [0.3, 0.4) is 0 Å². The summed E-state index contributed by atoms with van der Waals surface area (Å²) in [5.41, 5.74) is -0.361. The molecule has 0 aliphatic rings. The zero-order valence-corrected chi connectivity index (χ0v) is 15.2. The molecule has 1 aromatic carbocycles. The minimum absolute atomic E-state index is 0.413. The number of hydrogen-bond donors (Lipinski definition) is 3. The molecule has 29 heavy (non-hydrogen) atoms. The Bertz CT molecular complexity index is 1200. The summed E-state index contributed by atoms with van der Waals surface area (Å²) >= 11 is 1.21. The highest BCUT2D eigenvalue weighted by Crippen LogP contribution is 2.33. The van der Waals surface area contributed by atoms with Crippen LogP contribution in [0.15, 0.2) is 48.7 Å². The summed E-state index contributed by atoms with van der Waals surface area (Å²) < 4.78 is 52.1. The molecule has 0 bridgehead atoms. The number of fused-ring (bicyclic) bond motifs is 1. The third kappa shape index (κ3) is 4.04. The van der Waals surface area contributed by atoms with Crippen molar-refractivity contribution in [2.75, 3.05) is 10.6 Å². The van der Waals surface area contributed by atoms with Gasteiger partial charge in [-0.3, -0.25) is 10.4 Å². The smallest absolute Gasteiger partial charge is 0.305 e. The number of nitrogens with zero attached hydrogens (tertiary/aromatic N) is 2. The maximum Gasteiger partial charge on any atom is 0.416 e. The molecule has 6 nitrogen and oxygen atoms in total. The zero-order chi connectivity index (χ0) is 20.6. The maximum absolute atomic E-state index is 13.8. The van der Waals surface area contributed by atoms with E-state index >= 15 is 0 Å². The van der Waals surface area contributed by atoms with Gasteiger partial charge < -0.3 is 5.32 Å². The Morgan fingerprint density at radius 2 is 1.90 bits per heavy atom. The Balaban J connectivity index is 1.48. The van der Waals surface area contributed by atoms with Crippen LogP contribution in [0, 0.1) is 5.82 Å². The summed E-state index contributed by atoms with van der Waals surface area (Å²) in [7, 11) is 0. The van der Waals surface area contributed by atoms with E-state index in [4.69, 9.17) is 0 Å². The Morgan fingerprint density at radius 1 is 1.07 bits per heavy atom. The number of urea groups is 1. The van der Waals surface area contributed by atoms with Crippen LogP contribution in [-0.2, 0) is 6.18 Å². The predicted octanol–water partition coefficient (Wildman–Crippen LogP) is 5.49. The van der Waals surface area contributed by atoms with Crippen LogP contribution in [0.1, 0.15) is 5.56 Å². The lowest BCUT2D eigenvalue weighted by atomic mass is 10.2. The Hall–Kier alpha value is -3.47. The van der Waals surface area contributed by atoms with Crippen molar-refractivity contribution in [1.29, 1.82) is 0 Å². The monoisotopic (exact) mass is 421 g/mol. The Labute approximate surface area is 164 Å². The average molecular weight is 421 g/mol. The molecular weight excluding hydrogens is 410 g/mol. The first-order chi connectivity index (χ1) is 13.8. The van der Waals surface area contributed by atoms with Crippen molar-refractivity contribution in [3.05, 3.63) is 60.0 Å². The molecule has 3 aromatic heterocycles. The molecule has 3 N–H and O–H groups in total. The number of carbonyl (C=O) groups excluding carboxylic acids is 1. The van der Waals surface area contributed by atoms with Gasteiger partial charge in [-0.1, -0.05) is 0 Å². The lowest BCUT2D eigenvalue weighted by Crippen LogP contribution is -2.20. The number of alkyl halides is 3. The third-order valence-corrected chi connectivity index (χ3v) is 4.96. The highest BCUT2D eigenvalue weighted by molar-refractivity contribution is 7.19. The second-order valence-corrected chi connectivity index (χ2v) is 7.02. The van der Waals surface area contributed by atoms with Gasteiger partial charge >= 0.3 is 12.2 Å². The fraction of sp³-hybridized carbons (Fsp3) is 0.0556. The molecule has 3 heterocycles. The van der Waals surface area contributed by atoms with E-state index in [-0.39, 0.29) is 0 Å². The fourth-order valence-corrected chi connectivity index (χ4v) is 3.44. The number of halogens is 4. The van der Waals surface area contributed by atoms with Crippen molar-refractivity contribution < 1.29 is 22.4 Å². The van der Waals surface area contributed by atoms with Crippen LogP contribution in [0.25, 0.3) is 21.6 Å². The van der Waals surface area contributed by atoms with Crippen molar-refractivity contribution in [2.24, 2.45) is 0 Å². The van der Waals surface area contributed by atoms with E-state index in [0.29, 0.717) is 34.5 Å². The highest BCUT2D eigenvalue weighted by Gasteiger charge is 2.31. The molecule has 0 saturated heterocycles. The number of benzene rings is 1. The number of anilines is 2. The number of H-pyrrole nitrogens is 1. The summed E-state index contributed by atoms with van der Waals surface area (Å²) in [5, 5.41) is 12.5. The number of aromatic nitrogens is 3.